The summed E-state index contributed by atoms with van der Waals surface area (Å²) in [7, 11) is 0. The molecule has 3 aromatic rings. The molecule has 5 nitrogen and oxygen atoms in total. The summed E-state index contributed by atoms with van der Waals surface area (Å²) < 4.78 is 80.8. The minimum atomic E-state index is -4.80. The predicted molar refractivity (Wildman–Crippen MR) is 102 cm³/mol. The van der Waals surface area contributed by atoms with Gasteiger partial charge in [-0.15, -0.1) is 5.10 Å². The first-order valence-corrected chi connectivity index (χ1v) is 9.09. The molecule has 3 rings (SSSR count). The van der Waals surface area contributed by atoms with E-state index < -0.39 is 56.7 Å². The molecule has 0 saturated heterocycles. The van der Waals surface area contributed by atoms with Crippen LogP contribution < -0.4 is 0 Å². The van der Waals surface area contributed by atoms with Crippen molar-refractivity contribution in [1.82, 2.24) is 14.8 Å². The number of aromatic nitrogens is 3. The Balaban J connectivity index is 2.31. The van der Waals surface area contributed by atoms with Crippen LogP contribution in [-0.4, -0.2) is 25.8 Å². The second kappa shape index (κ2) is 8.17. The first-order chi connectivity index (χ1) is 14.4. The molecule has 162 valence electrons. The van der Waals surface area contributed by atoms with Crippen LogP contribution in [0.3, 0.4) is 0 Å². The number of benzene rings is 2. The summed E-state index contributed by atoms with van der Waals surface area (Å²) in [5.74, 6) is -2.48. The molecule has 1 aromatic heterocycles. The van der Waals surface area contributed by atoms with Crippen LogP contribution in [0, 0.1) is 0 Å². The van der Waals surface area contributed by atoms with Gasteiger partial charge < -0.3 is 5.11 Å². The molecule has 0 radical (unpaired) electrons. The zero-order valence-electron chi connectivity index (χ0n) is 15.0. The van der Waals surface area contributed by atoms with Gasteiger partial charge in [-0.3, -0.25) is 0 Å². The minimum Gasteiger partial charge on any atom is -0.477 e. The highest BCUT2D eigenvalue weighted by atomic mass is 79.9. The topological polar surface area (TPSA) is 68.0 Å². The number of alkyl halides is 6. The van der Waals surface area contributed by atoms with Crippen molar-refractivity contribution in [2.24, 2.45) is 0 Å². The van der Waals surface area contributed by atoms with E-state index in [-0.39, 0.29) is 0 Å². The van der Waals surface area contributed by atoms with Crippen molar-refractivity contribution < 1.29 is 36.2 Å². The van der Waals surface area contributed by atoms with Crippen molar-refractivity contribution in [3.8, 4) is 22.8 Å². The molecular weight excluding hydrogens is 496 g/mol. The molecule has 0 atom stereocenters. The fourth-order valence-corrected chi connectivity index (χ4v) is 2.92. The van der Waals surface area contributed by atoms with Gasteiger partial charge in [-0.05, 0) is 28.1 Å². The third kappa shape index (κ3) is 4.79. The van der Waals surface area contributed by atoms with Crippen molar-refractivity contribution in [2.75, 3.05) is 0 Å². The Morgan fingerprint density at radius 1 is 0.903 bits per heavy atom. The SMILES string of the molecule is O=C(O)C(Br)=Cn1nc(-c2ccccc2C(F)(F)F)nc1-c1ccccc1C(F)(F)F. The van der Waals surface area contributed by atoms with E-state index in [0.29, 0.717) is 4.68 Å². The van der Waals surface area contributed by atoms with Gasteiger partial charge in [0.1, 0.15) is 4.48 Å². The molecular formula is C19H10BrF6N3O2. The molecule has 1 N–H and O–H groups in total. The average Bonchev–Trinajstić information content (AvgIpc) is 3.10. The first-order valence-electron chi connectivity index (χ1n) is 8.30. The van der Waals surface area contributed by atoms with Crippen LogP contribution in [0.25, 0.3) is 29.0 Å². The monoisotopic (exact) mass is 505 g/mol. The lowest BCUT2D eigenvalue weighted by atomic mass is 10.1. The highest BCUT2D eigenvalue weighted by molar-refractivity contribution is 9.12. The number of halogens is 7. The van der Waals surface area contributed by atoms with Crippen LogP contribution in [0.5, 0.6) is 0 Å². The second-order valence-electron chi connectivity index (χ2n) is 6.07. The molecule has 12 heteroatoms. The van der Waals surface area contributed by atoms with Crippen molar-refractivity contribution in [1.29, 1.82) is 0 Å². The summed E-state index contributed by atoms with van der Waals surface area (Å²) in [6.45, 7) is 0. The van der Waals surface area contributed by atoms with Crippen molar-refractivity contribution in [3.63, 3.8) is 0 Å². The summed E-state index contributed by atoms with van der Waals surface area (Å²) in [4.78, 5) is 15.0. The van der Waals surface area contributed by atoms with Crippen molar-refractivity contribution in [2.45, 2.75) is 12.4 Å². The van der Waals surface area contributed by atoms with Crippen LogP contribution >= 0.6 is 15.9 Å². The molecule has 0 unspecified atom stereocenters. The Bertz CT molecular complexity index is 1170. The Hall–Kier alpha value is -3.15. The van der Waals surface area contributed by atoms with Crippen molar-refractivity contribution >= 4 is 28.1 Å². The zero-order valence-corrected chi connectivity index (χ0v) is 16.6. The lowest BCUT2D eigenvalue weighted by Gasteiger charge is -2.11. The van der Waals surface area contributed by atoms with Gasteiger partial charge >= 0.3 is 18.3 Å². The summed E-state index contributed by atoms with van der Waals surface area (Å²) >= 11 is 2.73. The van der Waals surface area contributed by atoms with E-state index in [1.54, 1.807) is 0 Å². The van der Waals surface area contributed by atoms with Gasteiger partial charge in [-0.25, -0.2) is 14.5 Å². The molecule has 0 saturated carbocycles. The molecule has 0 spiro atoms. The minimum absolute atomic E-state index is 0.473. The normalized spacial score (nSPS) is 12.8. The maximum Gasteiger partial charge on any atom is 0.417 e. The van der Waals surface area contributed by atoms with Crippen LogP contribution in [0.15, 0.2) is 53.0 Å². The zero-order chi connectivity index (χ0) is 23.0. The average molecular weight is 506 g/mol. The van der Waals surface area contributed by atoms with Gasteiger partial charge in [-0.2, -0.15) is 26.3 Å². The van der Waals surface area contributed by atoms with Gasteiger partial charge in [-0.1, -0.05) is 36.4 Å². The van der Waals surface area contributed by atoms with Gasteiger partial charge in [0.15, 0.2) is 11.6 Å². The fourth-order valence-electron chi connectivity index (χ4n) is 2.72. The van der Waals surface area contributed by atoms with Gasteiger partial charge in [0, 0.05) is 11.1 Å². The smallest absolute Gasteiger partial charge is 0.417 e. The predicted octanol–water partition coefficient (Wildman–Crippen LogP) is 5.93. The van der Waals surface area contributed by atoms with Gasteiger partial charge in [0.25, 0.3) is 0 Å². The molecule has 0 amide bonds. The van der Waals surface area contributed by atoms with Gasteiger partial charge in [0.2, 0.25) is 0 Å². The standard InChI is InChI=1S/C19H10BrF6N3O2/c20-14(17(30)31)9-29-16(11-6-2-4-8-13(11)19(24,25)26)27-15(28-29)10-5-1-3-7-12(10)18(21,22)23/h1-9H,(H,30,31). The van der Waals surface area contributed by atoms with E-state index >= 15 is 0 Å². The fraction of sp³-hybridized carbons (Fsp3) is 0.105. The summed E-state index contributed by atoms with van der Waals surface area (Å²) in [5.41, 5.74) is -3.16. The maximum atomic E-state index is 13.5. The Morgan fingerprint density at radius 2 is 1.39 bits per heavy atom. The van der Waals surface area contributed by atoms with E-state index in [9.17, 15) is 31.1 Å². The van der Waals surface area contributed by atoms with E-state index in [1.807, 2.05) is 0 Å². The number of carbonyl (C=O) groups is 1. The van der Waals surface area contributed by atoms with Gasteiger partial charge in [0.05, 0.1) is 17.3 Å². The summed E-state index contributed by atoms with van der Waals surface area (Å²) in [5, 5.41) is 12.9. The molecule has 0 bridgehead atoms. The maximum absolute atomic E-state index is 13.5. The Labute approximate surface area is 178 Å². The van der Waals surface area contributed by atoms with Crippen LogP contribution in [-0.2, 0) is 17.1 Å². The van der Waals surface area contributed by atoms with E-state index in [0.717, 1.165) is 42.6 Å². The molecule has 2 aromatic carbocycles. The number of rotatable bonds is 4. The largest absolute Gasteiger partial charge is 0.477 e. The third-order valence-electron chi connectivity index (χ3n) is 4.02. The molecule has 0 fully saturated rings. The quantitative estimate of drug-likeness (QED) is 0.352. The van der Waals surface area contributed by atoms with E-state index in [4.69, 9.17) is 5.11 Å². The number of carboxylic acid groups (broad SMARTS) is 1. The lowest BCUT2D eigenvalue weighted by molar-refractivity contribution is -0.137. The second-order valence-corrected chi connectivity index (χ2v) is 6.93. The van der Waals surface area contributed by atoms with Crippen LogP contribution in [0.4, 0.5) is 26.3 Å². The summed E-state index contributed by atoms with van der Waals surface area (Å²) in [6, 6.07) is 8.53. The van der Waals surface area contributed by atoms with Crippen molar-refractivity contribution in [3.05, 3.63) is 64.1 Å². The highest BCUT2D eigenvalue weighted by Crippen LogP contribution is 2.39. The van der Waals surface area contributed by atoms with E-state index in [1.165, 1.54) is 12.1 Å². The highest BCUT2D eigenvalue weighted by Gasteiger charge is 2.36. The summed E-state index contributed by atoms with van der Waals surface area (Å²) in [6.07, 6.45) is -8.77. The molecule has 0 aliphatic heterocycles. The number of aliphatic carboxylic acids is 1. The Morgan fingerprint density at radius 3 is 1.90 bits per heavy atom. The number of hydrogen-bond donors (Lipinski definition) is 1. The molecule has 31 heavy (non-hydrogen) atoms. The number of nitrogens with zero attached hydrogens (tertiary/aromatic N) is 3. The first kappa shape index (κ1) is 22.5. The number of carboxylic acids is 1. The third-order valence-corrected chi connectivity index (χ3v) is 4.56. The van der Waals surface area contributed by atoms with Crippen LogP contribution in [0.1, 0.15) is 11.1 Å². The van der Waals surface area contributed by atoms with E-state index in [2.05, 4.69) is 26.0 Å². The lowest BCUT2D eigenvalue weighted by Crippen LogP contribution is -2.09. The molecule has 0 aliphatic carbocycles. The molecule has 0 aliphatic rings. The molecule has 1 heterocycles. The Kier molecular flexibility index (Phi) is 5.94. The van der Waals surface area contributed by atoms with Crippen LogP contribution in [0.2, 0.25) is 0 Å². The number of hydrogen-bond acceptors (Lipinski definition) is 3.